The van der Waals surface area contributed by atoms with Gasteiger partial charge >= 0.3 is 0 Å². The van der Waals surface area contributed by atoms with Gasteiger partial charge in [0.2, 0.25) is 17.7 Å². The second kappa shape index (κ2) is 9.09. The number of carbonyl (C=O) groups excluding carboxylic acids is 3. The summed E-state index contributed by atoms with van der Waals surface area (Å²) in [4.78, 5) is 38.0. The number of imide groups is 1. The summed E-state index contributed by atoms with van der Waals surface area (Å²) in [6.45, 7) is 0.454. The minimum atomic E-state index is -0.374. The Morgan fingerprint density at radius 2 is 1.68 bits per heavy atom. The van der Waals surface area contributed by atoms with Gasteiger partial charge in [-0.1, -0.05) is 25.0 Å². The molecule has 0 bridgehead atoms. The SMILES string of the molecule is O=C(CCN1C(=O)[C@H]2CCCC[C@H]2C1=O)NNC(=S)NCc1ccc(F)cc1. The maximum atomic E-state index is 12.9. The second-order valence-electron chi connectivity index (χ2n) is 7.06. The normalized spacial score (nSPS) is 21.2. The molecule has 1 aromatic rings. The van der Waals surface area contributed by atoms with Crippen molar-refractivity contribution in [1.82, 2.24) is 21.1 Å². The molecule has 7 nitrogen and oxygen atoms in total. The Hall–Kier alpha value is -2.55. The fraction of sp³-hybridized carbons (Fsp3) is 0.474. The van der Waals surface area contributed by atoms with Gasteiger partial charge in [0, 0.05) is 19.5 Å². The van der Waals surface area contributed by atoms with Crippen molar-refractivity contribution in [2.75, 3.05) is 6.54 Å². The molecule has 2 atom stereocenters. The Bertz CT molecular complexity index is 747. The van der Waals surface area contributed by atoms with Crippen LogP contribution in [0.15, 0.2) is 24.3 Å². The molecule has 1 aliphatic heterocycles. The standard InChI is InChI=1S/C19H23FN4O3S/c20-13-7-5-12(6-8-13)11-21-19(28)23-22-16(25)9-10-24-17(26)14-3-1-2-4-15(14)18(24)27/h5-8,14-15H,1-4,9-11H2,(H,22,25)(H2,21,23,28)/t14-,15+. The molecule has 3 N–H and O–H groups in total. The number of halogens is 1. The molecular formula is C19H23FN4O3S. The number of amides is 3. The number of fused-ring (bicyclic) bond motifs is 1. The van der Waals surface area contributed by atoms with Crippen molar-refractivity contribution in [1.29, 1.82) is 0 Å². The molecule has 2 aliphatic rings. The highest BCUT2D eigenvalue weighted by atomic mass is 32.1. The summed E-state index contributed by atoms with van der Waals surface area (Å²) in [5.74, 6) is -1.39. The minimum Gasteiger partial charge on any atom is -0.357 e. The molecule has 1 aromatic carbocycles. The Balaban J connectivity index is 1.37. The van der Waals surface area contributed by atoms with Crippen LogP contribution in [0.1, 0.15) is 37.7 Å². The number of likely N-dealkylation sites (tertiary alicyclic amines) is 1. The van der Waals surface area contributed by atoms with Gasteiger partial charge in [-0.15, -0.1) is 0 Å². The Labute approximate surface area is 168 Å². The lowest BCUT2D eigenvalue weighted by atomic mass is 9.81. The van der Waals surface area contributed by atoms with Gasteiger partial charge in [0.25, 0.3) is 0 Å². The minimum absolute atomic E-state index is 0.00446. The van der Waals surface area contributed by atoms with E-state index in [1.165, 1.54) is 17.0 Å². The van der Waals surface area contributed by atoms with E-state index < -0.39 is 0 Å². The molecule has 0 spiro atoms. The molecule has 2 fully saturated rings. The van der Waals surface area contributed by atoms with Gasteiger partial charge in [0.1, 0.15) is 5.82 Å². The summed E-state index contributed by atoms with van der Waals surface area (Å²) < 4.78 is 12.9. The van der Waals surface area contributed by atoms with Crippen molar-refractivity contribution >= 4 is 35.1 Å². The molecule has 3 amide bonds. The van der Waals surface area contributed by atoms with E-state index in [9.17, 15) is 18.8 Å². The second-order valence-corrected chi connectivity index (χ2v) is 7.47. The van der Waals surface area contributed by atoms with Gasteiger partial charge in [0.05, 0.1) is 11.8 Å². The van der Waals surface area contributed by atoms with Gasteiger partial charge in [-0.2, -0.15) is 0 Å². The maximum absolute atomic E-state index is 12.9. The number of carbonyl (C=O) groups is 3. The topological polar surface area (TPSA) is 90.5 Å². The highest BCUT2D eigenvalue weighted by molar-refractivity contribution is 7.80. The zero-order valence-corrected chi connectivity index (χ0v) is 16.2. The number of hydrogen-bond acceptors (Lipinski definition) is 4. The molecule has 3 rings (SSSR count). The van der Waals surface area contributed by atoms with Crippen molar-refractivity contribution in [3.05, 3.63) is 35.6 Å². The number of nitrogens with zero attached hydrogens (tertiary/aromatic N) is 1. The van der Waals surface area contributed by atoms with Crippen LogP contribution in [0.25, 0.3) is 0 Å². The van der Waals surface area contributed by atoms with Crippen molar-refractivity contribution in [2.45, 2.75) is 38.6 Å². The summed E-state index contributed by atoms with van der Waals surface area (Å²) in [5.41, 5.74) is 5.85. The third kappa shape index (κ3) is 4.83. The quantitative estimate of drug-likeness (QED) is 0.389. The highest BCUT2D eigenvalue weighted by Gasteiger charge is 2.47. The first kappa shape index (κ1) is 20.2. The van der Waals surface area contributed by atoms with E-state index in [1.54, 1.807) is 12.1 Å². The van der Waals surface area contributed by atoms with Crippen LogP contribution in [0.4, 0.5) is 4.39 Å². The first-order valence-electron chi connectivity index (χ1n) is 9.38. The van der Waals surface area contributed by atoms with Crippen LogP contribution in [0.3, 0.4) is 0 Å². The Kier molecular flexibility index (Phi) is 6.56. The zero-order chi connectivity index (χ0) is 20.1. The largest absolute Gasteiger partial charge is 0.357 e. The van der Waals surface area contributed by atoms with E-state index in [0.717, 1.165) is 31.2 Å². The lowest BCUT2D eigenvalue weighted by Crippen LogP contribution is -2.47. The average Bonchev–Trinajstić information content (AvgIpc) is 2.95. The predicted octanol–water partition coefficient (Wildman–Crippen LogP) is 1.39. The van der Waals surface area contributed by atoms with Crippen LogP contribution in [-0.4, -0.2) is 34.3 Å². The van der Waals surface area contributed by atoms with Crippen LogP contribution in [0.5, 0.6) is 0 Å². The fourth-order valence-electron chi connectivity index (χ4n) is 3.68. The molecule has 0 radical (unpaired) electrons. The van der Waals surface area contributed by atoms with Crippen LogP contribution in [0, 0.1) is 17.7 Å². The molecular weight excluding hydrogens is 383 g/mol. The lowest BCUT2D eigenvalue weighted by molar-refractivity contribution is -0.140. The van der Waals surface area contributed by atoms with E-state index in [1.807, 2.05) is 0 Å². The van der Waals surface area contributed by atoms with Crippen molar-refractivity contribution < 1.29 is 18.8 Å². The van der Waals surface area contributed by atoms with E-state index in [-0.39, 0.29) is 53.5 Å². The molecule has 1 aliphatic carbocycles. The van der Waals surface area contributed by atoms with Crippen molar-refractivity contribution in [3.8, 4) is 0 Å². The molecule has 0 aromatic heterocycles. The van der Waals surface area contributed by atoms with Crippen molar-refractivity contribution in [3.63, 3.8) is 0 Å². The Morgan fingerprint density at radius 1 is 1.07 bits per heavy atom. The fourth-order valence-corrected chi connectivity index (χ4v) is 3.81. The third-order valence-corrected chi connectivity index (χ3v) is 5.42. The summed E-state index contributed by atoms with van der Waals surface area (Å²) >= 11 is 5.07. The summed E-state index contributed by atoms with van der Waals surface area (Å²) in [6, 6.07) is 5.97. The highest BCUT2D eigenvalue weighted by Crippen LogP contribution is 2.37. The number of hydrogen-bond donors (Lipinski definition) is 3. The predicted molar refractivity (Wildman–Crippen MR) is 104 cm³/mol. The first-order valence-corrected chi connectivity index (χ1v) is 9.79. The maximum Gasteiger partial charge on any atom is 0.240 e. The molecule has 1 saturated heterocycles. The smallest absolute Gasteiger partial charge is 0.240 e. The number of hydrazine groups is 1. The van der Waals surface area contributed by atoms with Gasteiger partial charge in [0.15, 0.2) is 5.11 Å². The van der Waals surface area contributed by atoms with Crippen molar-refractivity contribution in [2.24, 2.45) is 11.8 Å². The van der Waals surface area contributed by atoms with Gasteiger partial charge < -0.3 is 5.32 Å². The zero-order valence-electron chi connectivity index (χ0n) is 15.4. The molecule has 150 valence electrons. The van der Waals surface area contributed by atoms with Gasteiger partial charge in [-0.25, -0.2) is 4.39 Å². The molecule has 0 unspecified atom stereocenters. The summed E-state index contributed by atoms with van der Waals surface area (Å²) in [5, 5.41) is 3.09. The van der Waals surface area contributed by atoms with E-state index in [0.29, 0.717) is 6.54 Å². The van der Waals surface area contributed by atoms with Gasteiger partial charge in [-0.05, 0) is 42.8 Å². The van der Waals surface area contributed by atoms with Crippen LogP contribution in [-0.2, 0) is 20.9 Å². The number of thiocarbonyl (C=S) groups is 1. The third-order valence-electron chi connectivity index (χ3n) is 5.18. The van der Waals surface area contributed by atoms with E-state index >= 15 is 0 Å². The van der Waals surface area contributed by atoms with Gasteiger partial charge in [-0.3, -0.25) is 30.1 Å². The first-order chi connectivity index (χ1) is 13.5. The van der Waals surface area contributed by atoms with Crippen LogP contribution < -0.4 is 16.2 Å². The number of nitrogens with one attached hydrogen (secondary N) is 3. The summed E-state index contributed by atoms with van der Waals surface area (Å²) in [7, 11) is 0. The Morgan fingerprint density at radius 3 is 2.29 bits per heavy atom. The van der Waals surface area contributed by atoms with E-state index in [4.69, 9.17) is 12.2 Å². The lowest BCUT2D eigenvalue weighted by Gasteiger charge is -2.19. The molecule has 9 heteroatoms. The number of benzene rings is 1. The van der Waals surface area contributed by atoms with Crippen LogP contribution >= 0.6 is 12.2 Å². The number of rotatable bonds is 5. The molecule has 1 heterocycles. The molecule has 1 saturated carbocycles. The van der Waals surface area contributed by atoms with E-state index in [2.05, 4.69) is 16.2 Å². The summed E-state index contributed by atoms with van der Waals surface area (Å²) in [6.07, 6.45) is 3.47. The molecule has 28 heavy (non-hydrogen) atoms. The van der Waals surface area contributed by atoms with Crippen LogP contribution in [0.2, 0.25) is 0 Å². The average molecular weight is 406 g/mol. The monoisotopic (exact) mass is 406 g/mol.